The number of nitrogens with one attached hydrogen (secondary N) is 1. The third-order valence-electron chi connectivity index (χ3n) is 2.14. The molecule has 0 bridgehead atoms. The lowest BCUT2D eigenvalue weighted by molar-refractivity contribution is 0.636. The highest BCUT2D eigenvalue weighted by atomic mass is 35.5. The lowest BCUT2D eigenvalue weighted by atomic mass is 10.1. The number of thiazole rings is 1. The third kappa shape index (κ3) is 3.76. The van der Waals surface area contributed by atoms with Crippen molar-refractivity contribution >= 4 is 40.6 Å². The van der Waals surface area contributed by atoms with Crippen molar-refractivity contribution in [3.63, 3.8) is 0 Å². The molecule has 0 aliphatic carbocycles. The van der Waals surface area contributed by atoms with Crippen molar-refractivity contribution in [3.8, 4) is 0 Å². The molecule has 1 N–H and O–H groups in total. The van der Waals surface area contributed by atoms with Crippen LogP contribution >= 0.6 is 34.5 Å². The summed E-state index contributed by atoms with van der Waals surface area (Å²) in [5.41, 5.74) is 1.22. The van der Waals surface area contributed by atoms with Crippen LogP contribution in [0.3, 0.4) is 0 Å². The Bertz CT molecular complexity index is 360. The molecule has 1 heterocycles. The maximum Gasteiger partial charge on any atom is 0.185 e. The largest absolute Gasteiger partial charge is 0.311 e. The number of nitrogens with zero attached hydrogens (tertiary/aromatic N) is 1. The van der Waals surface area contributed by atoms with Crippen molar-refractivity contribution in [3.05, 3.63) is 20.1 Å². The molecule has 0 aliphatic rings. The summed E-state index contributed by atoms with van der Waals surface area (Å²) in [5, 5.41) is 3.81. The minimum Gasteiger partial charge on any atom is -0.311 e. The Morgan fingerprint density at radius 2 is 2.27 bits per heavy atom. The van der Waals surface area contributed by atoms with Crippen LogP contribution in [-0.4, -0.2) is 17.6 Å². The van der Waals surface area contributed by atoms with E-state index in [9.17, 15) is 0 Å². The van der Waals surface area contributed by atoms with Crippen molar-refractivity contribution in [2.75, 3.05) is 6.54 Å². The average Bonchev–Trinajstić information content (AvgIpc) is 2.45. The highest BCUT2D eigenvalue weighted by Crippen LogP contribution is 2.28. The smallest absolute Gasteiger partial charge is 0.185 e. The molecule has 5 heteroatoms. The van der Waals surface area contributed by atoms with Gasteiger partial charge in [0.2, 0.25) is 0 Å². The van der Waals surface area contributed by atoms with E-state index in [2.05, 4.69) is 31.1 Å². The summed E-state index contributed by atoms with van der Waals surface area (Å²) < 4.78 is 0.482. The van der Waals surface area contributed by atoms with Gasteiger partial charge < -0.3 is 5.32 Å². The Kier molecular flexibility index (Phi) is 5.06. The van der Waals surface area contributed by atoms with Crippen molar-refractivity contribution in [2.24, 2.45) is 0 Å². The molecule has 0 spiro atoms. The molecule has 15 heavy (non-hydrogen) atoms. The summed E-state index contributed by atoms with van der Waals surface area (Å²) in [5.74, 6) is 0. The Morgan fingerprint density at radius 3 is 2.73 bits per heavy atom. The number of hydrogen-bond donors (Lipinski definition) is 1. The molecule has 0 aliphatic heterocycles. The SMILES string of the molecule is CCNC(C)C(C)=Cc1sc(Cl)nc1Cl. The number of rotatable bonds is 4. The fourth-order valence-electron chi connectivity index (χ4n) is 1.18. The minimum atomic E-state index is 0.340. The number of aromatic nitrogens is 1. The second-order valence-electron chi connectivity index (χ2n) is 3.29. The second kappa shape index (κ2) is 5.85. The number of halogens is 2. The first-order valence-electron chi connectivity index (χ1n) is 4.78. The van der Waals surface area contributed by atoms with Gasteiger partial charge in [-0.3, -0.25) is 0 Å². The molecule has 2 nitrogen and oxygen atoms in total. The highest BCUT2D eigenvalue weighted by molar-refractivity contribution is 7.17. The van der Waals surface area contributed by atoms with Gasteiger partial charge in [0.15, 0.2) is 4.47 Å². The van der Waals surface area contributed by atoms with Gasteiger partial charge in [-0.15, -0.1) is 11.3 Å². The minimum absolute atomic E-state index is 0.340. The summed E-state index contributed by atoms with van der Waals surface area (Å²) in [4.78, 5) is 4.87. The van der Waals surface area contributed by atoms with E-state index >= 15 is 0 Å². The van der Waals surface area contributed by atoms with Gasteiger partial charge in [0.05, 0.1) is 4.88 Å². The summed E-state index contributed by atoms with van der Waals surface area (Å²) in [6.07, 6.45) is 2.03. The lowest BCUT2D eigenvalue weighted by Crippen LogP contribution is -2.26. The maximum atomic E-state index is 5.92. The summed E-state index contributed by atoms with van der Waals surface area (Å²) >= 11 is 13.1. The Morgan fingerprint density at radius 1 is 1.60 bits per heavy atom. The lowest BCUT2D eigenvalue weighted by Gasteiger charge is -2.12. The van der Waals surface area contributed by atoms with Crippen LogP contribution in [0.5, 0.6) is 0 Å². The van der Waals surface area contributed by atoms with Gasteiger partial charge in [0.25, 0.3) is 0 Å². The first-order valence-corrected chi connectivity index (χ1v) is 6.35. The molecule has 84 valence electrons. The standard InChI is InChI=1S/C10H14Cl2N2S/c1-4-13-7(3)6(2)5-8-9(11)14-10(12)15-8/h5,7,13H,4H2,1-3H3. The molecule has 1 rings (SSSR count). The zero-order valence-corrected chi connectivity index (χ0v) is 11.3. The second-order valence-corrected chi connectivity index (χ2v) is 5.26. The highest BCUT2D eigenvalue weighted by Gasteiger charge is 2.08. The van der Waals surface area contributed by atoms with Crippen LogP contribution in [0, 0.1) is 0 Å². The van der Waals surface area contributed by atoms with Crippen LogP contribution in [0.1, 0.15) is 25.6 Å². The van der Waals surface area contributed by atoms with Crippen LogP contribution in [0.4, 0.5) is 0 Å². The van der Waals surface area contributed by atoms with Gasteiger partial charge in [0, 0.05) is 6.04 Å². The molecule has 1 aromatic heterocycles. The zero-order chi connectivity index (χ0) is 11.4. The van der Waals surface area contributed by atoms with E-state index in [4.69, 9.17) is 23.2 Å². The van der Waals surface area contributed by atoms with E-state index in [-0.39, 0.29) is 0 Å². The fraction of sp³-hybridized carbons (Fsp3) is 0.500. The molecule has 0 radical (unpaired) electrons. The average molecular weight is 265 g/mol. The first kappa shape index (κ1) is 13.0. The van der Waals surface area contributed by atoms with E-state index in [0.717, 1.165) is 11.4 Å². The summed E-state index contributed by atoms with van der Waals surface area (Å²) in [7, 11) is 0. The van der Waals surface area contributed by atoms with Crippen LogP contribution in [0.15, 0.2) is 5.57 Å². The Labute approximate surface area is 104 Å². The Hall–Kier alpha value is -0.0900. The normalized spacial score (nSPS) is 14.3. The maximum absolute atomic E-state index is 5.92. The molecule has 1 atom stereocenters. The predicted octanol–water partition coefficient (Wildman–Crippen LogP) is 3.85. The van der Waals surface area contributed by atoms with Crippen LogP contribution in [-0.2, 0) is 0 Å². The summed E-state index contributed by atoms with van der Waals surface area (Å²) in [6, 6.07) is 0.340. The van der Waals surface area contributed by atoms with Gasteiger partial charge >= 0.3 is 0 Å². The monoisotopic (exact) mass is 264 g/mol. The number of hydrogen-bond acceptors (Lipinski definition) is 3. The quantitative estimate of drug-likeness (QED) is 0.894. The van der Waals surface area contributed by atoms with Gasteiger partial charge in [0.1, 0.15) is 5.15 Å². The van der Waals surface area contributed by atoms with E-state index < -0.39 is 0 Å². The fourth-order valence-corrected chi connectivity index (χ4v) is 2.55. The molecule has 1 aromatic rings. The molecule has 1 unspecified atom stereocenters. The van der Waals surface area contributed by atoms with Crippen LogP contribution in [0.2, 0.25) is 9.62 Å². The van der Waals surface area contributed by atoms with Crippen molar-refractivity contribution in [1.82, 2.24) is 10.3 Å². The topological polar surface area (TPSA) is 24.9 Å². The van der Waals surface area contributed by atoms with Gasteiger partial charge in [-0.25, -0.2) is 4.98 Å². The predicted molar refractivity (Wildman–Crippen MR) is 68.9 cm³/mol. The molecular formula is C10H14Cl2N2S. The van der Waals surface area contributed by atoms with E-state index in [1.807, 2.05) is 6.08 Å². The van der Waals surface area contributed by atoms with Crippen molar-refractivity contribution < 1.29 is 0 Å². The molecule has 0 fully saturated rings. The first-order chi connectivity index (χ1) is 7.04. The molecule has 0 amide bonds. The van der Waals surface area contributed by atoms with Crippen molar-refractivity contribution in [1.29, 1.82) is 0 Å². The van der Waals surface area contributed by atoms with Gasteiger partial charge in [-0.1, -0.05) is 35.7 Å². The zero-order valence-electron chi connectivity index (χ0n) is 8.97. The molecule has 0 saturated carbocycles. The third-order valence-corrected chi connectivity index (χ3v) is 3.64. The number of likely N-dealkylation sites (N-methyl/N-ethyl adjacent to an activating group) is 1. The molecule has 0 aromatic carbocycles. The van der Waals surface area contributed by atoms with Crippen LogP contribution < -0.4 is 5.32 Å². The van der Waals surface area contributed by atoms with E-state index in [1.54, 1.807) is 0 Å². The Balaban J connectivity index is 2.82. The van der Waals surface area contributed by atoms with Gasteiger partial charge in [-0.2, -0.15) is 0 Å². The van der Waals surface area contributed by atoms with E-state index in [0.29, 0.717) is 15.7 Å². The van der Waals surface area contributed by atoms with E-state index in [1.165, 1.54) is 16.9 Å². The molecule has 0 saturated heterocycles. The van der Waals surface area contributed by atoms with Crippen molar-refractivity contribution in [2.45, 2.75) is 26.8 Å². The molecular weight excluding hydrogens is 251 g/mol. The summed E-state index contributed by atoms with van der Waals surface area (Å²) in [6.45, 7) is 7.22. The van der Waals surface area contributed by atoms with Gasteiger partial charge in [-0.05, 0) is 26.5 Å². The van der Waals surface area contributed by atoms with Crippen LogP contribution in [0.25, 0.3) is 6.08 Å².